The minimum Gasteiger partial charge on any atom is -0.482 e. The Balaban J connectivity index is 1.70. The molecule has 26 heavy (non-hydrogen) atoms. The van der Waals surface area contributed by atoms with E-state index in [4.69, 9.17) is 16.3 Å². The summed E-state index contributed by atoms with van der Waals surface area (Å²) in [6, 6.07) is 12.3. The molecule has 1 aromatic heterocycles. The molecule has 0 saturated heterocycles. The number of rotatable bonds is 2. The first-order valence-corrected chi connectivity index (χ1v) is 8.33. The quantitative estimate of drug-likeness (QED) is 0.722. The molecule has 2 N–H and O–H groups in total. The molecule has 1 aliphatic heterocycles. The number of amides is 2. The average molecular weight is 368 g/mol. The minimum atomic E-state index is -0.298. The zero-order chi connectivity index (χ0) is 18.3. The van der Waals surface area contributed by atoms with Gasteiger partial charge in [-0.15, -0.1) is 0 Å². The number of hydrogen-bond acceptors (Lipinski definition) is 4. The van der Waals surface area contributed by atoms with E-state index in [-0.39, 0.29) is 18.4 Å². The van der Waals surface area contributed by atoms with E-state index < -0.39 is 0 Å². The molecule has 4 rings (SSSR count). The van der Waals surface area contributed by atoms with Crippen LogP contribution in [0, 0.1) is 6.92 Å². The summed E-state index contributed by atoms with van der Waals surface area (Å²) in [6.07, 6.45) is 0. The molecule has 6 nitrogen and oxygen atoms in total. The normalized spacial score (nSPS) is 12.9. The molecule has 2 heterocycles. The number of carbonyl (C=O) groups excluding carboxylic acids is 2. The lowest BCUT2D eigenvalue weighted by Gasteiger charge is -2.19. The SMILES string of the molecule is Cc1cc(C(=O)Nc2cc3c(cc2Cl)NC(=O)CO3)c2ccccc2n1. The number of para-hydroxylation sites is 1. The molecular weight excluding hydrogens is 354 g/mol. The summed E-state index contributed by atoms with van der Waals surface area (Å²) >= 11 is 6.26. The van der Waals surface area contributed by atoms with Crippen molar-refractivity contribution in [1.29, 1.82) is 0 Å². The van der Waals surface area contributed by atoms with Crippen molar-refractivity contribution in [3.05, 3.63) is 58.7 Å². The highest BCUT2D eigenvalue weighted by Crippen LogP contribution is 2.36. The van der Waals surface area contributed by atoms with Gasteiger partial charge >= 0.3 is 0 Å². The van der Waals surface area contributed by atoms with Crippen LogP contribution in [0.2, 0.25) is 5.02 Å². The maximum absolute atomic E-state index is 12.8. The van der Waals surface area contributed by atoms with E-state index in [9.17, 15) is 9.59 Å². The van der Waals surface area contributed by atoms with Crippen molar-refractivity contribution in [2.75, 3.05) is 17.2 Å². The molecule has 2 aromatic carbocycles. The monoisotopic (exact) mass is 367 g/mol. The van der Waals surface area contributed by atoms with Gasteiger partial charge in [-0.2, -0.15) is 0 Å². The van der Waals surface area contributed by atoms with Crippen LogP contribution in [0.15, 0.2) is 42.5 Å². The van der Waals surface area contributed by atoms with Gasteiger partial charge in [0.05, 0.1) is 27.5 Å². The number of hydrogen-bond donors (Lipinski definition) is 2. The van der Waals surface area contributed by atoms with Crippen LogP contribution in [0.4, 0.5) is 11.4 Å². The van der Waals surface area contributed by atoms with Crippen LogP contribution in [-0.2, 0) is 4.79 Å². The Morgan fingerprint density at radius 3 is 2.92 bits per heavy atom. The average Bonchev–Trinajstić information content (AvgIpc) is 2.61. The van der Waals surface area contributed by atoms with E-state index in [0.29, 0.717) is 27.7 Å². The predicted molar refractivity (Wildman–Crippen MR) is 100 cm³/mol. The fourth-order valence-corrected chi connectivity index (χ4v) is 3.09. The van der Waals surface area contributed by atoms with Crippen molar-refractivity contribution >= 4 is 45.7 Å². The molecule has 0 fully saturated rings. The molecule has 0 atom stereocenters. The van der Waals surface area contributed by atoms with Crippen LogP contribution in [0.5, 0.6) is 5.75 Å². The highest BCUT2D eigenvalue weighted by molar-refractivity contribution is 6.34. The van der Waals surface area contributed by atoms with E-state index in [1.165, 1.54) is 0 Å². The third kappa shape index (κ3) is 2.95. The van der Waals surface area contributed by atoms with Gasteiger partial charge < -0.3 is 15.4 Å². The van der Waals surface area contributed by atoms with Crippen LogP contribution in [-0.4, -0.2) is 23.4 Å². The number of nitrogens with one attached hydrogen (secondary N) is 2. The van der Waals surface area contributed by atoms with Gasteiger partial charge in [-0.25, -0.2) is 0 Å². The first kappa shape index (κ1) is 16.4. The summed E-state index contributed by atoms with van der Waals surface area (Å²) < 4.78 is 5.38. The first-order chi connectivity index (χ1) is 12.5. The molecule has 0 saturated carbocycles. The summed E-state index contributed by atoms with van der Waals surface area (Å²) in [4.78, 5) is 28.7. The second-order valence-electron chi connectivity index (χ2n) is 5.95. The topological polar surface area (TPSA) is 80.3 Å². The summed E-state index contributed by atoms with van der Waals surface area (Å²) in [7, 11) is 0. The Morgan fingerprint density at radius 1 is 1.27 bits per heavy atom. The number of carbonyl (C=O) groups is 2. The fourth-order valence-electron chi connectivity index (χ4n) is 2.88. The summed E-state index contributed by atoms with van der Waals surface area (Å²) in [5, 5.41) is 6.55. The van der Waals surface area contributed by atoms with Gasteiger partial charge in [-0.1, -0.05) is 29.8 Å². The third-order valence-corrected chi connectivity index (χ3v) is 4.35. The second kappa shape index (κ2) is 6.31. The van der Waals surface area contributed by atoms with Crippen molar-refractivity contribution in [3.8, 4) is 5.75 Å². The molecule has 0 spiro atoms. The van der Waals surface area contributed by atoms with Gasteiger partial charge in [0.1, 0.15) is 5.75 Å². The van der Waals surface area contributed by atoms with Gasteiger partial charge in [0, 0.05) is 17.1 Å². The number of ether oxygens (including phenoxy) is 1. The van der Waals surface area contributed by atoms with E-state index in [1.807, 2.05) is 31.2 Å². The molecule has 130 valence electrons. The summed E-state index contributed by atoms with van der Waals surface area (Å²) in [5.41, 5.74) is 2.90. The Morgan fingerprint density at radius 2 is 2.08 bits per heavy atom. The van der Waals surface area contributed by atoms with Crippen molar-refractivity contribution in [2.45, 2.75) is 6.92 Å². The molecule has 1 aliphatic rings. The highest BCUT2D eigenvalue weighted by atomic mass is 35.5. The number of halogens is 1. The fraction of sp³-hybridized carbons (Fsp3) is 0.105. The van der Waals surface area contributed by atoms with Crippen molar-refractivity contribution < 1.29 is 14.3 Å². The lowest BCUT2D eigenvalue weighted by atomic mass is 10.1. The highest BCUT2D eigenvalue weighted by Gasteiger charge is 2.20. The number of aromatic nitrogens is 1. The van der Waals surface area contributed by atoms with Crippen LogP contribution < -0.4 is 15.4 Å². The summed E-state index contributed by atoms with van der Waals surface area (Å²) in [5.74, 6) is -0.0856. The van der Waals surface area contributed by atoms with Crippen LogP contribution in [0.25, 0.3) is 10.9 Å². The Labute approximate surface area is 154 Å². The smallest absolute Gasteiger partial charge is 0.262 e. The van der Waals surface area contributed by atoms with Gasteiger partial charge in [-0.05, 0) is 25.1 Å². The van der Waals surface area contributed by atoms with Gasteiger partial charge in [-0.3, -0.25) is 14.6 Å². The second-order valence-corrected chi connectivity index (χ2v) is 6.35. The van der Waals surface area contributed by atoms with E-state index in [1.54, 1.807) is 18.2 Å². The predicted octanol–water partition coefficient (Wildman–Crippen LogP) is 3.78. The maximum Gasteiger partial charge on any atom is 0.262 e. The van der Waals surface area contributed by atoms with Crippen LogP contribution in [0.1, 0.15) is 16.1 Å². The molecule has 0 aliphatic carbocycles. The first-order valence-electron chi connectivity index (χ1n) is 7.95. The number of pyridine rings is 1. The van der Waals surface area contributed by atoms with E-state index >= 15 is 0 Å². The van der Waals surface area contributed by atoms with Crippen LogP contribution in [0.3, 0.4) is 0 Å². The molecule has 0 radical (unpaired) electrons. The van der Waals surface area contributed by atoms with Crippen molar-refractivity contribution in [1.82, 2.24) is 4.98 Å². The Kier molecular flexibility index (Phi) is 3.97. The lowest BCUT2D eigenvalue weighted by molar-refractivity contribution is -0.118. The third-order valence-electron chi connectivity index (χ3n) is 4.04. The molecule has 3 aromatic rings. The number of anilines is 2. The zero-order valence-electron chi connectivity index (χ0n) is 13.8. The Bertz CT molecular complexity index is 1070. The number of aryl methyl sites for hydroxylation is 1. The van der Waals surface area contributed by atoms with Crippen molar-refractivity contribution in [2.24, 2.45) is 0 Å². The summed E-state index contributed by atoms with van der Waals surface area (Å²) in [6.45, 7) is 1.77. The zero-order valence-corrected chi connectivity index (χ0v) is 14.6. The number of fused-ring (bicyclic) bond motifs is 2. The number of nitrogens with zero attached hydrogens (tertiary/aromatic N) is 1. The standard InChI is InChI=1S/C19H14ClN3O3/c1-10-6-12(11-4-2-3-5-14(11)21-10)19(25)23-15-8-17-16(7-13(15)20)22-18(24)9-26-17/h2-8H,9H2,1H3,(H,22,24)(H,23,25). The maximum atomic E-state index is 12.8. The van der Waals surface area contributed by atoms with Crippen LogP contribution >= 0.6 is 11.6 Å². The van der Waals surface area contributed by atoms with Gasteiger partial charge in [0.2, 0.25) is 0 Å². The molecule has 2 amide bonds. The number of benzene rings is 2. The molecule has 0 bridgehead atoms. The van der Waals surface area contributed by atoms with Gasteiger partial charge in [0.15, 0.2) is 6.61 Å². The van der Waals surface area contributed by atoms with E-state index in [2.05, 4.69) is 15.6 Å². The molecular formula is C19H14ClN3O3. The van der Waals surface area contributed by atoms with E-state index in [0.717, 1.165) is 16.6 Å². The minimum absolute atomic E-state index is 0.0732. The largest absolute Gasteiger partial charge is 0.482 e. The lowest BCUT2D eigenvalue weighted by Crippen LogP contribution is -2.25. The van der Waals surface area contributed by atoms with Gasteiger partial charge in [0.25, 0.3) is 11.8 Å². The molecule has 7 heteroatoms. The molecule has 0 unspecified atom stereocenters. The Hall–Kier alpha value is -3.12. The van der Waals surface area contributed by atoms with Crippen molar-refractivity contribution in [3.63, 3.8) is 0 Å².